The van der Waals surface area contributed by atoms with Crippen molar-refractivity contribution in [3.8, 4) is 5.75 Å². The summed E-state index contributed by atoms with van der Waals surface area (Å²) in [5.41, 5.74) is 3.77. The van der Waals surface area contributed by atoms with Crippen molar-refractivity contribution in [2.45, 2.75) is 19.4 Å². The topological polar surface area (TPSA) is 60.1 Å². The van der Waals surface area contributed by atoms with Crippen LogP contribution in [0, 0.1) is 12.7 Å². The first-order chi connectivity index (χ1) is 13.0. The molecule has 2 N–H and O–H groups in total. The molecule has 1 aliphatic rings. The van der Waals surface area contributed by atoms with Gasteiger partial charge in [-0.05, 0) is 42.3 Å². The molecule has 27 heavy (non-hydrogen) atoms. The van der Waals surface area contributed by atoms with E-state index in [-0.39, 0.29) is 18.3 Å². The number of nitrogens with zero attached hydrogens (tertiary/aromatic N) is 2. The highest BCUT2D eigenvalue weighted by Crippen LogP contribution is 2.29. The van der Waals surface area contributed by atoms with Gasteiger partial charge in [-0.1, -0.05) is 24.3 Å². The molecular formula is C21H24FN3O2. The van der Waals surface area contributed by atoms with Gasteiger partial charge in [-0.3, -0.25) is 4.99 Å². The van der Waals surface area contributed by atoms with E-state index in [0.29, 0.717) is 12.4 Å². The minimum Gasteiger partial charge on any atom is -0.486 e. The Morgan fingerprint density at radius 3 is 2.78 bits per heavy atom. The zero-order valence-electron chi connectivity index (χ0n) is 15.8. The van der Waals surface area contributed by atoms with Crippen LogP contribution in [0.15, 0.2) is 53.5 Å². The van der Waals surface area contributed by atoms with Crippen molar-refractivity contribution in [3.05, 3.63) is 71.1 Å². The molecule has 0 bridgehead atoms. The van der Waals surface area contributed by atoms with E-state index in [0.717, 1.165) is 22.4 Å². The molecule has 142 valence electrons. The summed E-state index contributed by atoms with van der Waals surface area (Å²) in [6.07, 6.45) is 3.83. The third-order valence-electron chi connectivity index (χ3n) is 4.64. The van der Waals surface area contributed by atoms with Crippen LogP contribution >= 0.6 is 0 Å². The molecule has 0 spiro atoms. The lowest BCUT2D eigenvalue weighted by Gasteiger charge is -2.20. The maximum Gasteiger partial charge on any atom is 0.207 e. The second-order valence-electron chi connectivity index (χ2n) is 6.51. The van der Waals surface area contributed by atoms with Crippen molar-refractivity contribution < 1.29 is 13.9 Å². The Balaban J connectivity index is 1.79. The van der Waals surface area contributed by atoms with Crippen LogP contribution in [-0.2, 0) is 11.3 Å². The van der Waals surface area contributed by atoms with Gasteiger partial charge in [0.05, 0.1) is 19.3 Å². The van der Waals surface area contributed by atoms with Gasteiger partial charge in [-0.25, -0.2) is 10.2 Å². The minimum atomic E-state index is -0.393. The highest BCUT2D eigenvalue weighted by molar-refractivity contribution is 5.88. The average molecular weight is 369 g/mol. The van der Waals surface area contributed by atoms with Crippen LogP contribution < -0.4 is 15.6 Å². The van der Waals surface area contributed by atoms with Crippen LogP contribution in [0.25, 0.3) is 0 Å². The van der Waals surface area contributed by atoms with Crippen molar-refractivity contribution >= 4 is 11.6 Å². The van der Waals surface area contributed by atoms with Crippen molar-refractivity contribution in [2.24, 2.45) is 10.8 Å². The lowest BCUT2D eigenvalue weighted by atomic mass is 9.97. The zero-order valence-corrected chi connectivity index (χ0v) is 15.8. The molecular weight excluding hydrogens is 345 g/mol. The second-order valence-corrected chi connectivity index (χ2v) is 6.51. The molecule has 6 heteroatoms. The summed E-state index contributed by atoms with van der Waals surface area (Å²) in [6, 6.07) is 10.8. The van der Waals surface area contributed by atoms with Crippen LogP contribution in [0.5, 0.6) is 5.75 Å². The van der Waals surface area contributed by atoms with Gasteiger partial charge in [0.15, 0.2) is 11.6 Å². The van der Waals surface area contributed by atoms with Gasteiger partial charge in [-0.2, -0.15) is 0 Å². The molecule has 1 heterocycles. The van der Waals surface area contributed by atoms with Gasteiger partial charge < -0.3 is 14.5 Å². The van der Waals surface area contributed by atoms with Crippen LogP contribution in [0.1, 0.15) is 22.6 Å². The van der Waals surface area contributed by atoms with Crippen molar-refractivity contribution in [3.63, 3.8) is 0 Å². The Hall–Kier alpha value is -2.86. The van der Waals surface area contributed by atoms with Crippen molar-refractivity contribution in [2.75, 3.05) is 25.7 Å². The molecule has 5 nitrogen and oxygen atoms in total. The number of dihydropyridines is 1. The molecule has 0 fully saturated rings. The second kappa shape index (κ2) is 8.22. The van der Waals surface area contributed by atoms with E-state index in [4.69, 9.17) is 15.3 Å². The fraction of sp³-hybridized carbons (Fsp3) is 0.286. The fourth-order valence-electron chi connectivity index (χ4n) is 3.07. The quantitative estimate of drug-likeness (QED) is 0.645. The molecule has 0 radical (unpaired) electrons. The summed E-state index contributed by atoms with van der Waals surface area (Å²) in [4.78, 5) is 4.35. The predicted molar refractivity (Wildman–Crippen MR) is 106 cm³/mol. The molecule has 0 aromatic heterocycles. The van der Waals surface area contributed by atoms with E-state index in [9.17, 15) is 4.39 Å². The number of nitrogens with two attached hydrogens (primary N) is 1. The summed E-state index contributed by atoms with van der Waals surface area (Å²) < 4.78 is 25.2. The number of aliphatic imine (C=N–C) groups is 1. The standard InChI is InChI=1S/C21H24FN3O2/c1-14-5-4-6-19(25(2)23)17(14)13-27-20-11-15(7-9-18(20)22)16-8-10-21(26-3)24-12-16/h4-11,16H,12-13,23H2,1-3H3. The third kappa shape index (κ3) is 4.28. The summed E-state index contributed by atoms with van der Waals surface area (Å²) in [6.45, 7) is 2.78. The summed E-state index contributed by atoms with van der Waals surface area (Å²) in [5, 5.41) is 1.54. The van der Waals surface area contributed by atoms with Crippen LogP contribution in [0.2, 0.25) is 0 Å². The first-order valence-corrected chi connectivity index (χ1v) is 8.75. The summed E-state index contributed by atoms with van der Waals surface area (Å²) in [7, 11) is 3.36. The van der Waals surface area contributed by atoms with Crippen molar-refractivity contribution in [1.29, 1.82) is 0 Å². The molecule has 3 rings (SSSR count). The van der Waals surface area contributed by atoms with E-state index in [2.05, 4.69) is 4.99 Å². The Labute approximate surface area is 158 Å². The van der Waals surface area contributed by atoms with E-state index < -0.39 is 5.82 Å². The normalized spacial score (nSPS) is 16.0. The number of hydrogen-bond acceptors (Lipinski definition) is 5. The zero-order chi connectivity index (χ0) is 19.4. The summed E-state index contributed by atoms with van der Waals surface area (Å²) >= 11 is 0. The Morgan fingerprint density at radius 1 is 1.30 bits per heavy atom. The van der Waals surface area contributed by atoms with Gasteiger partial charge in [-0.15, -0.1) is 0 Å². The molecule has 1 aliphatic heterocycles. The molecule has 2 aromatic carbocycles. The first-order valence-electron chi connectivity index (χ1n) is 8.75. The highest BCUT2D eigenvalue weighted by atomic mass is 19.1. The van der Waals surface area contributed by atoms with Crippen LogP contribution in [-0.4, -0.2) is 26.6 Å². The van der Waals surface area contributed by atoms with Gasteiger partial charge in [0.2, 0.25) is 5.90 Å². The number of ether oxygens (including phenoxy) is 2. The smallest absolute Gasteiger partial charge is 0.207 e. The Bertz CT molecular complexity index is 878. The molecule has 2 aromatic rings. The minimum absolute atomic E-state index is 0.0658. The maximum atomic E-state index is 14.3. The molecule has 0 amide bonds. The number of hydrogen-bond donors (Lipinski definition) is 1. The maximum absolute atomic E-state index is 14.3. The van der Waals surface area contributed by atoms with E-state index in [1.54, 1.807) is 26.3 Å². The fourth-order valence-corrected chi connectivity index (χ4v) is 3.07. The number of benzene rings is 2. The van der Waals surface area contributed by atoms with Crippen LogP contribution in [0.4, 0.5) is 10.1 Å². The number of rotatable bonds is 5. The molecule has 1 atom stereocenters. The van der Waals surface area contributed by atoms with Gasteiger partial charge in [0, 0.05) is 18.5 Å². The molecule has 0 saturated carbocycles. The Morgan fingerprint density at radius 2 is 2.11 bits per heavy atom. The third-order valence-corrected chi connectivity index (χ3v) is 4.64. The monoisotopic (exact) mass is 369 g/mol. The molecule has 0 saturated heterocycles. The first kappa shape index (κ1) is 18.9. The Kier molecular flexibility index (Phi) is 5.76. The number of aryl methyl sites for hydroxylation is 1. The van der Waals surface area contributed by atoms with E-state index >= 15 is 0 Å². The highest BCUT2D eigenvalue weighted by Gasteiger charge is 2.16. The van der Waals surface area contributed by atoms with Gasteiger partial charge >= 0.3 is 0 Å². The lowest BCUT2D eigenvalue weighted by molar-refractivity contribution is 0.289. The molecule has 0 aliphatic carbocycles. The predicted octanol–water partition coefficient (Wildman–Crippen LogP) is 3.72. The van der Waals surface area contributed by atoms with Gasteiger partial charge in [0.25, 0.3) is 0 Å². The average Bonchev–Trinajstić information content (AvgIpc) is 2.68. The number of hydrazine groups is 1. The van der Waals surface area contributed by atoms with Gasteiger partial charge in [0.1, 0.15) is 6.61 Å². The van der Waals surface area contributed by atoms with E-state index in [1.807, 2.05) is 37.3 Å². The SMILES string of the molecule is COC1=NCC(c2ccc(F)c(OCc3c(C)cccc3N(C)N)c2)C=C1. The lowest BCUT2D eigenvalue weighted by Crippen LogP contribution is -2.26. The number of methoxy groups -OCH3 is 1. The van der Waals surface area contributed by atoms with Crippen LogP contribution in [0.3, 0.4) is 0 Å². The summed E-state index contributed by atoms with van der Waals surface area (Å²) in [5.74, 6) is 6.39. The molecule has 1 unspecified atom stereocenters. The van der Waals surface area contributed by atoms with E-state index in [1.165, 1.54) is 11.1 Å². The largest absolute Gasteiger partial charge is 0.486 e. The number of halogens is 1. The van der Waals surface area contributed by atoms with Crippen molar-refractivity contribution in [1.82, 2.24) is 0 Å². The number of anilines is 1.